The summed E-state index contributed by atoms with van der Waals surface area (Å²) in [6.45, 7) is 6.69. The van der Waals surface area contributed by atoms with E-state index in [1.165, 1.54) is 283 Å². The number of unbranched alkanes of at least 4 members (excludes halogenated alkanes) is 47. The highest BCUT2D eigenvalue weighted by molar-refractivity contribution is 5.71. The van der Waals surface area contributed by atoms with Gasteiger partial charge in [-0.3, -0.25) is 14.4 Å². The lowest BCUT2D eigenvalue weighted by Gasteiger charge is -2.18. The molecule has 0 aliphatic heterocycles. The fraction of sp³-hybridized carbons (Fsp3) is 0.831. The van der Waals surface area contributed by atoms with E-state index in [2.05, 4.69) is 81.5 Å². The Balaban J connectivity index is 4.34. The molecule has 0 aromatic rings. The van der Waals surface area contributed by atoms with Crippen LogP contribution in [0, 0.1) is 0 Å². The van der Waals surface area contributed by atoms with E-state index in [9.17, 15) is 14.4 Å². The molecule has 0 rings (SSSR count). The summed E-state index contributed by atoms with van der Waals surface area (Å²) in [4.78, 5) is 38.5. The SMILES string of the molecule is CCCCCCC/C=C\C/C=C\C/C=C\CCCCCCCCCCCCC(=O)OCC(COC(=O)CCCCCCCCCCC/C=C\CCCCCCCC)OC(=O)CCCCCCCCCCC/C=C\CCCCCCCCCC. The third kappa shape index (κ3) is 69.8. The molecule has 1 unspecified atom stereocenters. The van der Waals surface area contributed by atoms with Crippen molar-refractivity contribution < 1.29 is 28.6 Å². The predicted molar refractivity (Wildman–Crippen MR) is 362 cm³/mol. The van der Waals surface area contributed by atoms with Crippen LogP contribution < -0.4 is 0 Å². The molecule has 0 bridgehead atoms. The highest BCUT2D eigenvalue weighted by Crippen LogP contribution is 2.18. The van der Waals surface area contributed by atoms with Crippen molar-refractivity contribution in [2.24, 2.45) is 0 Å². The Kier molecular flexibility index (Phi) is 69.1. The van der Waals surface area contributed by atoms with Crippen LogP contribution in [-0.4, -0.2) is 37.2 Å². The Morgan fingerprint density at radius 3 is 0.687 bits per heavy atom. The molecule has 0 spiro atoms. The Labute approximate surface area is 517 Å². The Hall–Kier alpha value is -2.89. The van der Waals surface area contributed by atoms with Crippen molar-refractivity contribution in [1.29, 1.82) is 0 Å². The van der Waals surface area contributed by atoms with Crippen molar-refractivity contribution >= 4 is 17.9 Å². The monoisotopic (exact) mass is 1160 g/mol. The predicted octanol–water partition coefficient (Wildman–Crippen LogP) is 25.5. The molecule has 484 valence electrons. The zero-order chi connectivity index (χ0) is 59.9. The molecule has 0 aromatic carbocycles. The van der Waals surface area contributed by atoms with Crippen molar-refractivity contribution in [3.05, 3.63) is 60.8 Å². The number of carbonyl (C=O) groups is 3. The molecule has 0 aromatic heterocycles. The van der Waals surface area contributed by atoms with Crippen LogP contribution >= 0.6 is 0 Å². The third-order valence-corrected chi connectivity index (χ3v) is 16.5. The lowest BCUT2D eigenvalue weighted by atomic mass is 10.0. The van der Waals surface area contributed by atoms with Gasteiger partial charge in [-0.2, -0.15) is 0 Å². The number of hydrogen-bond donors (Lipinski definition) is 0. The summed E-state index contributed by atoms with van der Waals surface area (Å²) in [7, 11) is 0. The van der Waals surface area contributed by atoms with Crippen molar-refractivity contribution in [3.8, 4) is 0 Å². The van der Waals surface area contributed by atoms with Crippen molar-refractivity contribution in [1.82, 2.24) is 0 Å². The molecule has 0 heterocycles. The van der Waals surface area contributed by atoms with Gasteiger partial charge in [-0.25, -0.2) is 0 Å². The average molecular weight is 1160 g/mol. The fourth-order valence-electron chi connectivity index (χ4n) is 10.9. The summed E-state index contributed by atoms with van der Waals surface area (Å²) in [5, 5.41) is 0. The van der Waals surface area contributed by atoms with Gasteiger partial charge in [0, 0.05) is 19.3 Å². The van der Waals surface area contributed by atoms with Gasteiger partial charge in [0.25, 0.3) is 0 Å². The van der Waals surface area contributed by atoms with Crippen LogP contribution in [0.25, 0.3) is 0 Å². The van der Waals surface area contributed by atoms with E-state index in [1.54, 1.807) is 0 Å². The largest absolute Gasteiger partial charge is 0.462 e. The number of rotatable bonds is 68. The van der Waals surface area contributed by atoms with Crippen molar-refractivity contribution in [2.45, 2.75) is 399 Å². The maximum absolute atomic E-state index is 13.0. The van der Waals surface area contributed by atoms with Gasteiger partial charge in [-0.05, 0) is 109 Å². The van der Waals surface area contributed by atoms with Crippen LogP contribution in [0.5, 0.6) is 0 Å². The molecule has 1 atom stereocenters. The first-order valence-corrected chi connectivity index (χ1v) is 36.8. The van der Waals surface area contributed by atoms with Crippen LogP contribution in [0.4, 0.5) is 0 Å². The first-order chi connectivity index (χ1) is 41.0. The number of carbonyl (C=O) groups excluding carboxylic acids is 3. The number of hydrogen-bond acceptors (Lipinski definition) is 6. The van der Waals surface area contributed by atoms with Crippen LogP contribution in [0.1, 0.15) is 393 Å². The lowest BCUT2D eigenvalue weighted by Crippen LogP contribution is -2.30. The molecular formula is C77H140O6. The van der Waals surface area contributed by atoms with Crippen molar-refractivity contribution in [2.75, 3.05) is 13.2 Å². The molecule has 0 aliphatic rings. The quantitative estimate of drug-likeness (QED) is 0.0261. The summed E-state index contributed by atoms with van der Waals surface area (Å²) < 4.78 is 17.0. The Morgan fingerprint density at radius 1 is 0.241 bits per heavy atom. The first-order valence-electron chi connectivity index (χ1n) is 36.8. The van der Waals surface area contributed by atoms with Gasteiger partial charge < -0.3 is 14.2 Å². The molecule has 6 heteroatoms. The number of ether oxygens (including phenoxy) is 3. The molecule has 0 fully saturated rings. The Bertz CT molecular complexity index is 1470. The molecule has 0 saturated carbocycles. The zero-order valence-corrected chi connectivity index (χ0v) is 55.7. The van der Waals surface area contributed by atoms with Crippen LogP contribution in [-0.2, 0) is 28.6 Å². The molecule has 0 amide bonds. The maximum Gasteiger partial charge on any atom is 0.306 e. The van der Waals surface area contributed by atoms with Gasteiger partial charge in [0.2, 0.25) is 0 Å². The smallest absolute Gasteiger partial charge is 0.306 e. The highest BCUT2D eigenvalue weighted by Gasteiger charge is 2.19. The molecule has 0 N–H and O–H groups in total. The minimum Gasteiger partial charge on any atom is -0.462 e. The second-order valence-corrected chi connectivity index (χ2v) is 24.8. The van der Waals surface area contributed by atoms with E-state index in [0.717, 1.165) is 70.6 Å². The van der Waals surface area contributed by atoms with Crippen LogP contribution in [0.2, 0.25) is 0 Å². The molecule has 83 heavy (non-hydrogen) atoms. The van der Waals surface area contributed by atoms with Gasteiger partial charge in [-0.1, -0.05) is 326 Å². The molecule has 6 nitrogen and oxygen atoms in total. The van der Waals surface area contributed by atoms with Gasteiger partial charge in [-0.15, -0.1) is 0 Å². The second kappa shape index (κ2) is 71.6. The summed E-state index contributed by atoms with van der Waals surface area (Å²) in [6, 6.07) is 0. The number of allylic oxidation sites excluding steroid dienone is 10. The number of esters is 3. The molecule has 0 aliphatic carbocycles. The van der Waals surface area contributed by atoms with E-state index in [0.29, 0.717) is 19.3 Å². The van der Waals surface area contributed by atoms with Gasteiger partial charge >= 0.3 is 17.9 Å². The molecule has 0 radical (unpaired) electrons. The molecular weight excluding hydrogens is 1020 g/mol. The second-order valence-electron chi connectivity index (χ2n) is 24.8. The average Bonchev–Trinajstić information content (AvgIpc) is 3.50. The lowest BCUT2D eigenvalue weighted by molar-refractivity contribution is -0.167. The standard InChI is InChI=1S/C77H140O6/c1-4-7-10-13-16-19-22-25-28-31-34-36-37-38-39-41-43-46-49-52-55-58-61-64-67-70-76(79)82-73-74(72-81-75(78)69-66-63-60-57-54-51-48-45-42-33-30-27-24-21-18-15-12-9-6-3)83-77(80)71-68-65-62-59-56-53-50-47-44-40-35-32-29-26-23-20-17-14-11-8-5-2/h22,25,27,30-32,34-35,37-38,74H,4-21,23-24,26,28-29,33,36,39-73H2,1-3H3/b25-22-,30-27-,34-31-,35-32-,38-37-. The first kappa shape index (κ1) is 80.1. The van der Waals surface area contributed by atoms with Crippen LogP contribution in [0.3, 0.4) is 0 Å². The van der Waals surface area contributed by atoms with Crippen LogP contribution in [0.15, 0.2) is 60.8 Å². The zero-order valence-electron chi connectivity index (χ0n) is 55.7. The summed E-state index contributed by atoms with van der Waals surface area (Å²) >= 11 is 0. The van der Waals surface area contributed by atoms with E-state index in [1.807, 2.05) is 0 Å². The summed E-state index contributed by atoms with van der Waals surface area (Å²) in [5.74, 6) is -0.857. The fourth-order valence-corrected chi connectivity index (χ4v) is 10.9. The van der Waals surface area contributed by atoms with Gasteiger partial charge in [0.05, 0.1) is 0 Å². The van der Waals surface area contributed by atoms with E-state index in [4.69, 9.17) is 14.2 Å². The summed E-state index contributed by atoms with van der Waals surface area (Å²) in [5.41, 5.74) is 0. The molecule has 0 saturated heterocycles. The van der Waals surface area contributed by atoms with E-state index in [-0.39, 0.29) is 31.1 Å². The van der Waals surface area contributed by atoms with E-state index >= 15 is 0 Å². The minimum atomic E-state index is -0.780. The Morgan fingerprint density at radius 2 is 0.434 bits per heavy atom. The normalized spacial score (nSPS) is 12.4. The minimum absolute atomic E-state index is 0.0743. The highest BCUT2D eigenvalue weighted by atomic mass is 16.6. The van der Waals surface area contributed by atoms with E-state index < -0.39 is 6.10 Å². The van der Waals surface area contributed by atoms with Gasteiger partial charge in [0.15, 0.2) is 6.10 Å². The third-order valence-electron chi connectivity index (χ3n) is 16.5. The van der Waals surface area contributed by atoms with Gasteiger partial charge in [0.1, 0.15) is 13.2 Å². The maximum atomic E-state index is 13.0. The topological polar surface area (TPSA) is 78.9 Å². The summed E-state index contributed by atoms with van der Waals surface area (Å²) in [6.07, 6.45) is 92.4. The van der Waals surface area contributed by atoms with Crippen molar-refractivity contribution in [3.63, 3.8) is 0 Å².